The Balaban J connectivity index is 0.00000144. The second kappa shape index (κ2) is 6.01. The predicted octanol–water partition coefficient (Wildman–Crippen LogP) is 3.84. The second-order valence-electron chi connectivity index (χ2n) is 3.77. The van der Waals surface area contributed by atoms with Crippen LogP contribution in [0.2, 0.25) is 5.02 Å². The molecule has 0 aliphatic carbocycles. The van der Waals surface area contributed by atoms with Gasteiger partial charge in [-0.25, -0.2) is 0 Å². The maximum absolute atomic E-state index is 5.83. The lowest BCUT2D eigenvalue weighted by molar-refractivity contribution is 0.781. The third-order valence-corrected chi connectivity index (χ3v) is 2.68. The quantitative estimate of drug-likeness (QED) is 0.899. The molecule has 4 heteroatoms. The van der Waals surface area contributed by atoms with Crippen LogP contribution < -0.4 is 5.73 Å². The summed E-state index contributed by atoms with van der Waals surface area (Å²) in [7, 11) is 0. The molecule has 0 fully saturated rings. The average molecular weight is 269 g/mol. The number of nitrogens with zero attached hydrogens (tertiary/aromatic N) is 1. The van der Waals surface area contributed by atoms with Crippen LogP contribution in [0.15, 0.2) is 42.6 Å². The molecule has 0 spiro atoms. The predicted molar refractivity (Wildman–Crippen MR) is 74.5 cm³/mol. The number of benzene rings is 1. The SMILES string of the molecule is CC(N)c1ccc(-c2ccc(Cl)cc2)cn1.Cl. The van der Waals surface area contributed by atoms with Crippen molar-refractivity contribution in [1.82, 2.24) is 4.98 Å². The van der Waals surface area contributed by atoms with E-state index in [0.29, 0.717) is 0 Å². The zero-order chi connectivity index (χ0) is 11.5. The van der Waals surface area contributed by atoms with Crippen molar-refractivity contribution in [3.63, 3.8) is 0 Å². The van der Waals surface area contributed by atoms with E-state index >= 15 is 0 Å². The highest BCUT2D eigenvalue weighted by Gasteiger charge is 2.02. The monoisotopic (exact) mass is 268 g/mol. The Morgan fingerprint density at radius 3 is 2.12 bits per heavy atom. The fraction of sp³-hybridized carbons (Fsp3) is 0.154. The summed E-state index contributed by atoms with van der Waals surface area (Å²) < 4.78 is 0. The van der Waals surface area contributed by atoms with E-state index in [4.69, 9.17) is 17.3 Å². The standard InChI is InChI=1S/C13H13ClN2.ClH/c1-9(15)13-7-4-11(8-16-13)10-2-5-12(14)6-3-10;/h2-9H,15H2,1H3;1H. The van der Waals surface area contributed by atoms with Crippen molar-refractivity contribution in [2.24, 2.45) is 5.73 Å². The van der Waals surface area contributed by atoms with Gasteiger partial charge in [0.05, 0.1) is 5.69 Å². The molecule has 0 saturated heterocycles. The topological polar surface area (TPSA) is 38.9 Å². The summed E-state index contributed by atoms with van der Waals surface area (Å²) in [5.74, 6) is 0. The molecule has 2 nitrogen and oxygen atoms in total. The van der Waals surface area contributed by atoms with Gasteiger partial charge in [0, 0.05) is 22.8 Å². The Bertz CT molecular complexity index is 464. The van der Waals surface area contributed by atoms with E-state index in [1.54, 1.807) is 0 Å². The molecular formula is C13H14Cl2N2. The first-order chi connectivity index (χ1) is 7.66. The fourth-order valence-electron chi connectivity index (χ4n) is 1.49. The Kier molecular flexibility index (Phi) is 4.94. The summed E-state index contributed by atoms with van der Waals surface area (Å²) >= 11 is 5.83. The Hall–Kier alpha value is -1.09. The summed E-state index contributed by atoms with van der Waals surface area (Å²) in [6.45, 7) is 1.92. The van der Waals surface area contributed by atoms with Gasteiger partial charge in [0.25, 0.3) is 0 Å². The third kappa shape index (κ3) is 3.43. The molecule has 0 amide bonds. The number of hydrogen-bond donors (Lipinski definition) is 1. The van der Waals surface area contributed by atoms with Crippen LogP contribution in [0.4, 0.5) is 0 Å². The first kappa shape index (κ1) is 14.0. The molecular weight excluding hydrogens is 255 g/mol. The molecule has 0 aliphatic heterocycles. The number of halogens is 2. The number of hydrogen-bond acceptors (Lipinski definition) is 2. The van der Waals surface area contributed by atoms with E-state index < -0.39 is 0 Å². The molecule has 1 aromatic heterocycles. The van der Waals surface area contributed by atoms with E-state index in [2.05, 4.69) is 4.98 Å². The van der Waals surface area contributed by atoms with E-state index in [1.807, 2.05) is 49.5 Å². The number of nitrogens with two attached hydrogens (primary N) is 1. The number of rotatable bonds is 2. The summed E-state index contributed by atoms with van der Waals surface area (Å²) in [5, 5.41) is 0.740. The van der Waals surface area contributed by atoms with Crippen molar-refractivity contribution in [2.75, 3.05) is 0 Å². The zero-order valence-electron chi connectivity index (χ0n) is 9.43. The first-order valence-corrected chi connectivity index (χ1v) is 5.52. The highest BCUT2D eigenvalue weighted by atomic mass is 35.5. The molecule has 1 heterocycles. The van der Waals surface area contributed by atoms with E-state index in [9.17, 15) is 0 Å². The van der Waals surface area contributed by atoms with Crippen LogP contribution in [0.1, 0.15) is 18.7 Å². The molecule has 0 aliphatic rings. The van der Waals surface area contributed by atoms with Crippen LogP contribution >= 0.6 is 24.0 Å². The van der Waals surface area contributed by atoms with E-state index in [1.165, 1.54) is 0 Å². The van der Waals surface area contributed by atoms with Crippen LogP contribution in [0.3, 0.4) is 0 Å². The average Bonchev–Trinajstić information content (AvgIpc) is 2.30. The molecule has 1 atom stereocenters. The van der Waals surface area contributed by atoms with Gasteiger partial charge in [-0.15, -0.1) is 12.4 Å². The molecule has 1 aromatic carbocycles. The Morgan fingerprint density at radius 2 is 1.65 bits per heavy atom. The fourth-order valence-corrected chi connectivity index (χ4v) is 1.61. The molecule has 0 bridgehead atoms. The van der Waals surface area contributed by atoms with Crippen LogP contribution in [0.5, 0.6) is 0 Å². The molecule has 2 N–H and O–H groups in total. The maximum Gasteiger partial charge on any atom is 0.0568 e. The summed E-state index contributed by atoms with van der Waals surface area (Å²) in [6, 6.07) is 11.6. The van der Waals surface area contributed by atoms with Gasteiger partial charge in [0.1, 0.15) is 0 Å². The Labute approximate surface area is 112 Å². The molecule has 2 rings (SSSR count). The second-order valence-corrected chi connectivity index (χ2v) is 4.20. The van der Waals surface area contributed by atoms with Gasteiger partial charge in [-0.3, -0.25) is 4.98 Å². The van der Waals surface area contributed by atoms with Gasteiger partial charge in [0.2, 0.25) is 0 Å². The first-order valence-electron chi connectivity index (χ1n) is 5.14. The molecule has 90 valence electrons. The normalized spacial score (nSPS) is 11.7. The van der Waals surface area contributed by atoms with Crippen molar-refractivity contribution in [3.05, 3.63) is 53.3 Å². The molecule has 2 aromatic rings. The smallest absolute Gasteiger partial charge is 0.0568 e. The number of aromatic nitrogens is 1. The molecule has 17 heavy (non-hydrogen) atoms. The van der Waals surface area contributed by atoms with Gasteiger partial charge in [0.15, 0.2) is 0 Å². The van der Waals surface area contributed by atoms with Gasteiger partial charge in [-0.05, 0) is 30.7 Å². The van der Waals surface area contributed by atoms with Crippen LogP contribution in [0, 0.1) is 0 Å². The summed E-state index contributed by atoms with van der Waals surface area (Å²) in [4.78, 5) is 4.32. The largest absolute Gasteiger partial charge is 0.323 e. The lowest BCUT2D eigenvalue weighted by Crippen LogP contribution is -2.06. The van der Waals surface area contributed by atoms with E-state index in [0.717, 1.165) is 21.8 Å². The minimum absolute atomic E-state index is 0. The molecule has 0 radical (unpaired) electrons. The minimum atomic E-state index is -0.0285. The summed E-state index contributed by atoms with van der Waals surface area (Å²) in [5.41, 5.74) is 8.82. The highest BCUT2D eigenvalue weighted by molar-refractivity contribution is 6.30. The van der Waals surface area contributed by atoms with Gasteiger partial charge in [-0.1, -0.05) is 29.8 Å². The molecule has 0 saturated carbocycles. The van der Waals surface area contributed by atoms with Gasteiger partial charge >= 0.3 is 0 Å². The van der Waals surface area contributed by atoms with Crippen molar-refractivity contribution >= 4 is 24.0 Å². The minimum Gasteiger partial charge on any atom is -0.323 e. The third-order valence-electron chi connectivity index (χ3n) is 2.43. The highest BCUT2D eigenvalue weighted by Crippen LogP contribution is 2.21. The van der Waals surface area contributed by atoms with Gasteiger partial charge < -0.3 is 5.73 Å². The molecule has 1 unspecified atom stereocenters. The van der Waals surface area contributed by atoms with Crippen molar-refractivity contribution in [2.45, 2.75) is 13.0 Å². The summed E-state index contributed by atoms with van der Waals surface area (Å²) in [6.07, 6.45) is 1.84. The lowest BCUT2D eigenvalue weighted by atomic mass is 10.1. The maximum atomic E-state index is 5.83. The zero-order valence-corrected chi connectivity index (χ0v) is 11.0. The number of pyridine rings is 1. The Morgan fingerprint density at radius 1 is 1.06 bits per heavy atom. The van der Waals surface area contributed by atoms with Crippen LogP contribution in [0.25, 0.3) is 11.1 Å². The van der Waals surface area contributed by atoms with Gasteiger partial charge in [-0.2, -0.15) is 0 Å². The van der Waals surface area contributed by atoms with Crippen molar-refractivity contribution < 1.29 is 0 Å². The van der Waals surface area contributed by atoms with Crippen molar-refractivity contribution in [1.29, 1.82) is 0 Å². The van der Waals surface area contributed by atoms with Crippen molar-refractivity contribution in [3.8, 4) is 11.1 Å². The van der Waals surface area contributed by atoms with Crippen LogP contribution in [-0.2, 0) is 0 Å². The lowest BCUT2D eigenvalue weighted by Gasteiger charge is -2.06. The van der Waals surface area contributed by atoms with E-state index in [-0.39, 0.29) is 18.4 Å². The van der Waals surface area contributed by atoms with Crippen LogP contribution in [-0.4, -0.2) is 4.98 Å².